The molecule has 0 unspecified atom stereocenters. The minimum atomic E-state index is -3.77. The van der Waals surface area contributed by atoms with Gasteiger partial charge < -0.3 is 9.64 Å². The van der Waals surface area contributed by atoms with E-state index in [1.165, 1.54) is 18.9 Å². The second-order valence-corrected chi connectivity index (χ2v) is 10.1. The van der Waals surface area contributed by atoms with Crippen LogP contribution in [0.3, 0.4) is 0 Å². The zero-order valence-electron chi connectivity index (χ0n) is 16.2. The molecule has 2 aromatic carbocycles. The molecule has 4 rings (SSSR count). The molecule has 1 aliphatic carbocycles. The van der Waals surface area contributed by atoms with Gasteiger partial charge in [-0.05, 0) is 81.1 Å². The van der Waals surface area contributed by atoms with E-state index in [1.807, 2.05) is 0 Å². The zero-order chi connectivity index (χ0) is 20.6. The second kappa shape index (κ2) is 8.34. The number of nitrogens with zero attached hydrogens (tertiary/aromatic N) is 1. The summed E-state index contributed by atoms with van der Waals surface area (Å²) < 4.78 is 34.5. The summed E-state index contributed by atoms with van der Waals surface area (Å²) in [5.41, 5.74) is 2.25. The predicted octanol–water partition coefficient (Wildman–Crippen LogP) is 4.76. The minimum Gasteiger partial charge on any atom is -0.496 e. The van der Waals surface area contributed by atoms with Crippen LogP contribution in [0.1, 0.15) is 30.4 Å². The minimum absolute atomic E-state index is 0.303. The van der Waals surface area contributed by atoms with E-state index in [9.17, 15) is 8.42 Å². The Bertz CT molecular complexity index is 1020. The molecule has 0 amide bonds. The predicted molar refractivity (Wildman–Crippen MR) is 117 cm³/mol. The lowest BCUT2D eigenvalue weighted by molar-refractivity contribution is 0.219. The van der Waals surface area contributed by atoms with E-state index >= 15 is 0 Å². The summed E-state index contributed by atoms with van der Waals surface area (Å²) in [7, 11) is -2.13. The maximum Gasteiger partial charge on any atom is 0.262 e. The SMILES string of the molecule is COc1ccc(S(=O)(=O)Nc2ccc(Cl)c(Cl)c2)c2c1C[C@@H](N1CCCC1)CC2. The lowest BCUT2D eigenvalue weighted by Gasteiger charge is -2.33. The van der Waals surface area contributed by atoms with Crippen LogP contribution < -0.4 is 9.46 Å². The Balaban J connectivity index is 1.67. The number of benzene rings is 2. The standard InChI is InChI=1S/C21H24Cl2N2O3S/c1-28-20-8-9-21(29(26,27)24-14-4-7-18(22)19(23)12-14)16-6-5-15(13-17(16)20)25-10-2-3-11-25/h4,7-9,12,15,24H,2-3,5-6,10-11,13H2,1H3/t15-/m0/s1. The molecule has 1 atom stereocenters. The zero-order valence-corrected chi connectivity index (χ0v) is 18.6. The number of hydrogen-bond acceptors (Lipinski definition) is 4. The smallest absolute Gasteiger partial charge is 0.262 e. The summed E-state index contributed by atoms with van der Waals surface area (Å²) in [4.78, 5) is 2.83. The van der Waals surface area contributed by atoms with Crippen LogP contribution in [0.4, 0.5) is 5.69 Å². The molecule has 1 aliphatic heterocycles. The molecule has 1 heterocycles. The first-order valence-electron chi connectivity index (χ1n) is 9.79. The molecule has 156 valence electrons. The number of rotatable bonds is 5. The van der Waals surface area contributed by atoms with E-state index in [1.54, 1.807) is 31.4 Å². The number of hydrogen-bond donors (Lipinski definition) is 1. The second-order valence-electron chi connectivity index (χ2n) is 7.60. The quantitative estimate of drug-likeness (QED) is 0.707. The molecule has 1 N–H and O–H groups in total. The van der Waals surface area contributed by atoms with Crippen molar-refractivity contribution in [2.24, 2.45) is 0 Å². The van der Waals surface area contributed by atoms with Gasteiger partial charge in [0.2, 0.25) is 0 Å². The van der Waals surface area contributed by atoms with E-state index in [-0.39, 0.29) is 0 Å². The Hall–Kier alpha value is -1.47. The third kappa shape index (κ3) is 4.22. The van der Waals surface area contributed by atoms with Gasteiger partial charge in [0.1, 0.15) is 5.75 Å². The normalized spacial score (nSPS) is 19.8. The van der Waals surface area contributed by atoms with Gasteiger partial charge in [-0.15, -0.1) is 0 Å². The van der Waals surface area contributed by atoms with Gasteiger partial charge in [-0.3, -0.25) is 4.72 Å². The molecule has 29 heavy (non-hydrogen) atoms. The molecule has 0 spiro atoms. The largest absolute Gasteiger partial charge is 0.496 e. The maximum atomic E-state index is 13.2. The first-order chi connectivity index (χ1) is 13.9. The number of sulfonamides is 1. The molecular weight excluding hydrogens is 431 g/mol. The van der Waals surface area contributed by atoms with Gasteiger partial charge in [-0.25, -0.2) is 8.42 Å². The van der Waals surface area contributed by atoms with Crippen molar-refractivity contribution < 1.29 is 13.2 Å². The topological polar surface area (TPSA) is 58.6 Å². The van der Waals surface area contributed by atoms with E-state index in [4.69, 9.17) is 27.9 Å². The van der Waals surface area contributed by atoms with Crippen molar-refractivity contribution in [2.45, 2.75) is 43.0 Å². The summed E-state index contributed by atoms with van der Waals surface area (Å²) >= 11 is 12.0. The van der Waals surface area contributed by atoms with Crippen LogP contribution in [-0.4, -0.2) is 39.6 Å². The lowest BCUT2D eigenvalue weighted by Crippen LogP contribution is -2.37. The van der Waals surface area contributed by atoms with Crippen LogP contribution in [0, 0.1) is 0 Å². The first-order valence-corrected chi connectivity index (χ1v) is 12.0. The highest BCUT2D eigenvalue weighted by molar-refractivity contribution is 7.92. The number of anilines is 1. The van der Waals surface area contributed by atoms with Crippen molar-refractivity contribution >= 4 is 38.9 Å². The van der Waals surface area contributed by atoms with Crippen molar-refractivity contribution in [2.75, 3.05) is 24.9 Å². The highest BCUT2D eigenvalue weighted by Gasteiger charge is 2.32. The number of fused-ring (bicyclic) bond motifs is 1. The van der Waals surface area contributed by atoms with Gasteiger partial charge in [0.15, 0.2) is 0 Å². The Kier molecular flexibility index (Phi) is 5.98. The van der Waals surface area contributed by atoms with Crippen LogP contribution in [0.25, 0.3) is 0 Å². The van der Waals surface area contributed by atoms with Gasteiger partial charge in [0.05, 0.1) is 27.7 Å². The number of nitrogens with one attached hydrogen (secondary N) is 1. The summed E-state index contributed by atoms with van der Waals surface area (Å²) in [5, 5.41) is 0.682. The van der Waals surface area contributed by atoms with E-state index in [2.05, 4.69) is 9.62 Å². The van der Waals surface area contributed by atoms with E-state index in [0.717, 1.165) is 42.8 Å². The van der Waals surface area contributed by atoms with Crippen LogP contribution in [0.2, 0.25) is 10.0 Å². The molecule has 0 bridgehead atoms. The number of halogens is 2. The van der Waals surface area contributed by atoms with Crippen molar-refractivity contribution in [3.05, 3.63) is 51.5 Å². The number of likely N-dealkylation sites (tertiary alicyclic amines) is 1. The van der Waals surface area contributed by atoms with Gasteiger partial charge in [-0.1, -0.05) is 23.2 Å². The molecule has 5 nitrogen and oxygen atoms in total. The van der Waals surface area contributed by atoms with Gasteiger partial charge in [0.25, 0.3) is 10.0 Å². The van der Waals surface area contributed by atoms with Gasteiger partial charge in [-0.2, -0.15) is 0 Å². The van der Waals surface area contributed by atoms with Crippen LogP contribution >= 0.6 is 23.2 Å². The molecular formula is C21H24Cl2N2O3S. The summed E-state index contributed by atoms with van der Waals surface area (Å²) in [5.74, 6) is 0.761. The van der Waals surface area contributed by atoms with Crippen LogP contribution in [0.5, 0.6) is 5.75 Å². The fourth-order valence-electron chi connectivity index (χ4n) is 4.43. The first kappa shape index (κ1) is 20.8. The molecule has 8 heteroatoms. The molecule has 1 saturated heterocycles. The third-order valence-electron chi connectivity index (χ3n) is 5.85. The van der Waals surface area contributed by atoms with Crippen molar-refractivity contribution in [1.29, 1.82) is 0 Å². The molecule has 2 aliphatic rings. The highest BCUT2D eigenvalue weighted by Crippen LogP contribution is 2.37. The molecule has 0 aromatic heterocycles. The van der Waals surface area contributed by atoms with Gasteiger partial charge in [0, 0.05) is 11.6 Å². The van der Waals surface area contributed by atoms with E-state index < -0.39 is 10.0 Å². The third-order valence-corrected chi connectivity index (χ3v) is 8.06. The summed E-state index contributed by atoms with van der Waals surface area (Å²) in [6.07, 6.45) is 4.96. The Labute approximate surface area is 182 Å². The molecule has 0 saturated carbocycles. The van der Waals surface area contributed by atoms with Crippen molar-refractivity contribution in [1.82, 2.24) is 4.90 Å². The van der Waals surface area contributed by atoms with Crippen molar-refractivity contribution in [3.8, 4) is 5.75 Å². The molecule has 2 aromatic rings. The average Bonchev–Trinajstić information content (AvgIpc) is 3.24. The Morgan fingerprint density at radius 1 is 1.07 bits per heavy atom. The molecule has 1 fully saturated rings. The Morgan fingerprint density at radius 3 is 2.52 bits per heavy atom. The van der Waals surface area contributed by atoms with Crippen LogP contribution in [-0.2, 0) is 22.9 Å². The maximum absolute atomic E-state index is 13.2. The highest BCUT2D eigenvalue weighted by atomic mass is 35.5. The summed E-state index contributed by atoms with van der Waals surface area (Å²) in [6.45, 7) is 2.25. The number of methoxy groups -OCH3 is 1. The van der Waals surface area contributed by atoms with E-state index in [0.29, 0.717) is 33.1 Å². The monoisotopic (exact) mass is 454 g/mol. The van der Waals surface area contributed by atoms with Crippen molar-refractivity contribution in [3.63, 3.8) is 0 Å². The average molecular weight is 455 g/mol. The van der Waals surface area contributed by atoms with Crippen LogP contribution in [0.15, 0.2) is 35.2 Å². The fraction of sp³-hybridized carbons (Fsp3) is 0.429. The lowest BCUT2D eigenvalue weighted by atomic mass is 9.87. The Morgan fingerprint density at radius 2 is 1.83 bits per heavy atom. The number of ether oxygens (including phenoxy) is 1. The summed E-state index contributed by atoms with van der Waals surface area (Å²) in [6, 6.07) is 8.53. The molecule has 0 radical (unpaired) electrons. The van der Waals surface area contributed by atoms with Gasteiger partial charge >= 0.3 is 0 Å². The fourth-order valence-corrected chi connectivity index (χ4v) is 6.07.